The van der Waals surface area contributed by atoms with Gasteiger partial charge in [0.25, 0.3) is 0 Å². The van der Waals surface area contributed by atoms with Crippen LogP contribution in [0.1, 0.15) is 21.5 Å². The van der Waals surface area contributed by atoms with E-state index in [0.29, 0.717) is 27.6 Å². The van der Waals surface area contributed by atoms with Gasteiger partial charge in [0.2, 0.25) is 0 Å². The van der Waals surface area contributed by atoms with Crippen LogP contribution >= 0.6 is 11.6 Å². The minimum atomic E-state index is -0.536. The first kappa shape index (κ1) is 18.7. The molecule has 3 aromatic rings. The van der Waals surface area contributed by atoms with E-state index in [9.17, 15) is 9.59 Å². The predicted molar refractivity (Wildman–Crippen MR) is 104 cm³/mol. The van der Waals surface area contributed by atoms with Crippen molar-refractivity contribution in [3.05, 3.63) is 94.5 Å². The molecule has 0 radical (unpaired) electrons. The number of rotatable bonds is 6. The summed E-state index contributed by atoms with van der Waals surface area (Å²) in [4.78, 5) is 24.3. The van der Waals surface area contributed by atoms with Crippen molar-refractivity contribution in [3.63, 3.8) is 0 Å². The van der Waals surface area contributed by atoms with Crippen LogP contribution in [0.3, 0.4) is 0 Å². The molecule has 0 aliphatic carbocycles. The number of ether oxygens (including phenoxy) is 2. The summed E-state index contributed by atoms with van der Waals surface area (Å²) in [5.41, 5.74) is 1.96. The maximum Gasteiger partial charge on any atom is 0.349 e. The highest BCUT2D eigenvalue weighted by Crippen LogP contribution is 2.22. The third-order valence-electron chi connectivity index (χ3n) is 3.87. The lowest BCUT2D eigenvalue weighted by molar-refractivity contribution is -0.136. The number of carbonyl (C=O) groups excluding carboxylic acids is 2. The van der Waals surface area contributed by atoms with Gasteiger partial charge in [-0.05, 0) is 55.0 Å². The molecule has 0 saturated heterocycles. The Labute approximate surface area is 162 Å². The predicted octanol–water partition coefficient (Wildman–Crippen LogP) is 4.86. The standard InChI is InChI=1S/C22H17ClO4/c1-15-13-18(23)9-12-20(15)26-14-21(24)27-19-10-7-17(8-11-19)22(25)16-5-3-2-4-6-16/h2-13H,14H2,1H3. The van der Waals surface area contributed by atoms with Gasteiger partial charge in [-0.3, -0.25) is 4.79 Å². The van der Waals surface area contributed by atoms with Crippen molar-refractivity contribution in [2.45, 2.75) is 6.92 Å². The zero-order valence-corrected chi connectivity index (χ0v) is 15.4. The van der Waals surface area contributed by atoms with Gasteiger partial charge in [-0.25, -0.2) is 4.79 Å². The lowest BCUT2D eigenvalue weighted by atomic mass is 10.0. The molecule has 0 bridgehead atoms. The number of carbonyl (C=O) groups is 2. The van der Waals surface area contributed by atoms with Gasteiger partial charge in [-0.15, -0.1) is 0 Å². The largest absolute Gasteiger partial charge is 0.482 e. The van der Waals surface area contributed by atoms with Crippen molar-refractivity contribution < 1.29 is 19.1 Å². The van der Waals surface area contributed by atoms with E-state index in [1.165, 1.54) is 0 Å². The second-order valence-electron chi connectivity index (χ2n) is 5.89. The molecule has 0 saturated carbocycles. The van der Waals surface area contributed by atoms with Crippen molar-refractivity contribution in [2.75, 3.05) is 6.61 Å². The van der Waals surface area contributed by atoms with Crippen LogP contribution in [0.4, 0.5) is 0 Å². The van der Waals surface area contributed by atoms with Crippen molar-refractivity contribution >= 4 is 23.4 Å². The lowest BCUT2D eigenvalue weighted by Crippen LogP contribution is -2.18. The molecule has 0 aromatic heterocycles. The smallest absolute Gasteiger partial charge is 0.349 e. The molecule has 0 aliphatic rings. The minimum absolute atomic E-state index is 0.0879. The lowest BCUT2D eigenvalue weighted by Gasteiger charge is -2.09. The summed E-state index contributed by atoms with van der Waals surface area (Å²) in [7, 11) is 0. The van der Waals surface area contributed by atoms with E-state index in [4.69, 9.17) is 21.1 Å². The third kappa shape index (κ3) is 4.96. The molecule has 0 unspecified atom stereocenters. The molecule has 0 fully saturated rings. The van der Waals surface area contributed by atoms with Crippen LogP contribution < -0.4 is 9.47 Å². The molecule has 0 atom stereocenters. The fourth-order valence-corrected chi connectivity index (χ4v) is 2.73. The van der Waals surface area contributed by atoms with E-state index in [1.807, 2.05) is 25.1 Å². The first-order valence-electron chi connectivity index (χ1n) is 8.32. The maximum absolute atomic E-state index is 12.4. The summed E-state index contributed by atoms with van der Waals surface area (Å²) < 4.78 is 10.7. The fraction of sp³-hybridized carbons (Fsp3) is 0.0909. The second-order valence-corrected chi connectivity index (χ2v) is 6.33. The Kier molecular flexibility index (Phi) is 5.89. The molecule has 0 heterocycles. The SMILES string of the molecule is Cc1cc(Cl)ccc1OCC(=O)Oc1ccc(C(=O)c2ccccc2)cc1. The van der Waals surface area contributed by atoms with Crippen LogP contribution in [0.25, 0.3) is 0 Å². The van der Waals surface area contributed by atoms with Crippen LogP contribution in [-0.2, 0) is 4.79 Å². The molecule has 4 nitrogen and oxygen atoms in total. The van der Waals surface area contributed by atoms with Crippen molar-refractivity contribution in [1.29, 1.82) is 0 Å². The number of ketones is 1. The van der Waals surface area contributed by atoms with Gasteiger partial charge in [-0.2, -0.15) is 0 Å². The Morgan fingerprint density at radius 1 is 0.889 bits per heavy atom. The highest BCUT2D eigenvalue weighted by Gasteiger charge is 2.11. The van der Waals surface area contributed by atoms with E-state index < -0.39 is 5.97 Å². The van der Waals surface area contributed by atoms with Crippen LogP contribution in [0, 0.1) is 6.92 Å². The van der Waals surface area contributed by atoms with Crippen LogP contribution in [0.5, 0.6) is 11.5 Å². The maximum atomic E-state index is 12.4. The van der Waals surface area contributed by atoms with Crippen molar-refractivity contribution in [1.82, 2.24) is 0 Å². The number of benzene rings is 3. The fourth-order valence-electron chi connectivity index (χ4n) is 2.50. The number of esters is 1. The molecule has 3 rings (SSSR count). The summed E-state index contributed by atoms with van der Waals surface area (Å²) in [5.74, 6) is 0.294. The van der Waals surface area contributed by atoms with Gasteiger partial charge < -0.3 is 9.47 Å². The molecule has 0 aliphatic heterocycles. The zero-order valence-electron chi connectivity index (χ0n) is 14.6. The first-order chi connectivity index (χ1) is 13.0. The quantitative estimate of drug-likeness (QED) is 0.348. The van der Waals surface area contributed by atoms with E-state index in [-0.39, 0.29) is 12.4 Å². The number of halogens is 1. The average Bonchev–Trinajstić information content (AvgIpc) is 2.68. The Hall–Kier alpha value is -3.11. The molecule has 0 spiro atoms. The topological polar surface area (TPSA) is 52.6 Å². The van der Waals surface area contributed by atoms with E-state index >= 15 is 0 Å². The molecule has 3 aromatic carbocycles. The number of aryl methyl sites for hydroxylation is 1. The van der Waals surface area contributed by atoms with Gasteiger partial charge >= 0.3 is 5.97 Å². The highest BCUT2D eigenvalue weighted by molar-refractivity contribution is 6.30. The molecule has 5 heteroatoms. The second kappa shape index (κ2) is 8.52. The summed E-state index contributed by atoms with van der Waals surface area (Å²) in [6.45, 7) is 1.61. The Morgan fingerprint density at radius 3 is 2.22 bits per heavy atom. The Bertz CT molecular complexity index is 950. The average molecular weight is 381 g/mol. The van der Waals surface area contributed by atoms with Gasteiger partial charge in [-0.1, -0.05) is 41.9 Å². The summed E-state index contributed by atoms with van der Waals surface area (Å²) >= 11 is 5.89. The number of hydrogen-bond acceptors (Lipinski definition) is 4. The van der Waals surface area contributed by atoms with Crippen LogP contribution in [-0.4, -0.2) is 18.4 Å². The van der Waals surface area contributed by atoms with E-state index in [1.54, 1.807) is 54.6 Å². The first-order valence-corrected chi connectivity index (χ1v) is 8.70. The molecule has 27 heavy (non-hydrogen) atoms. The van der Waals surface area contributed by atoms with Gasteiger partial charge in [0.05, 0.1) is 0 Å². The molecular formula is C22H17ClO4. The number of hydrogen-bond donors (Lipinski definition) is 0. The molecular weight excluding hydrogens is 364 g/mol. The van der Waals surface area contributed by atoms with Crippen LogP contribution in [0.15, 0.2) is 72.8 Å². The Balaban J connectivity index is 1.57. The highest BCUT2D eigenvalue weighted by atomic mass is 35.5. The zero-order chi connectivity index (χ0) is 19.2. The van der Waals surface area contributed by atoms with Crippen molar-refractivity contribution in [2.24, 2.45) is 0 Å². The monoisotopic (exact) mass is 380 g/mol. The van der Waals surface area contributed by atoms with Gasteiger partial charge in [0.1, 0.15) is 11.5 Å². The summed E-state index contributed by atoms with van der Waals surface area (Å²) in [6, 6.07) is 20.6. The molecule has 136 valence electrons. The summed E-state index contributed by atoms with van der Waals surface area (Å²) in [6.07, 6.45) is 0. The minimum Gasteiger partial charge on any atom is -0.482 e. The van der Waals surface area contributed by atoms with E-state index in [2.05, 4.69) is 0 Å². The van der Waals surface area contributed by atoms with Gasteiger partial charge in [0.15, 0.2) is 12.4 Å². The molecule has 0 N–H and O–H groups in total. The third-order valence-corrected chi connectivity index (χ3v) is 4.10. The van der Waals surface area contributed by atoms with Gasteiger partial charge in [0, 0.05) is 16.1 Å². The van der Waals surface area contributed by atoms with Crippen molar-refractivity contribution in [3.8, 4) is 11.5 Å². The van der Waals surface area contributed by atoms with Crippen LogP contribution in [0.2, 0.25) is 5.02 Å². The Morgan fingerprint density at radius 2 is 1.56 bits per heavy atom. The molecule has 0 amide bonds. The summed E-state index contributed by atoms with van der Waals surface area (Å²) in [5, 5.41) is 0.604. The van der Waals surface area contributed by atoms with E-state index in [0.717, 1.165) is 5.56 Å². The normalized spacial score (nSPS) is 10.3.